The van der Waals surface area contributed by atoms with Gasteiger partial charge in [0, 0.05) is 31.8 Å². The molecule has 0 saturated carbocycles. The van der Waals surface area contributed by atoms with E-state index in [1.54, 1.807) is 11.8 Å². The molecule has 0 bridgehead atoms. The molecule has 1 atom stereocenters. The zero-order valence-corrected chi connectivity index (χ0v) is 19.9. The fraction of sp³-hybridized carbons (Fsp3) is 0.370. The molecule has 0 aliphatic heterocycles. The van der Waals surface area contributed by atoms with Crippen LogP contribution in [-0.2, 0) is 13.6 Å². The van der Waals surface area contributed by atoms with E-state index in [0.29, 0.717) is 31.1 Å². The number of ether oxygens (including phenoxy) is 2. The largest absolute Gasteiger partial charge is 0.497 e. The average Bonchev–Trinajstić information content (AvgIpc) is 3.13. The fourth-order valence-corrected chi connectivity index (χ4v) is 3.90. The Morgan fingerprint density at radius 2 is 1.91 bits per heavy atom. The molecule has 2 aromatic carbocycles. The third-order valence-corrected chi connectivity index (χ3v) is 5.49. The van der Waals surface area contributed by atoms with Crippen LogP contribution in [0.25, 0.3) is 11.3 Å². The van der Waals surface area contributed by atoms with Gasteiger partial charge >= 0.3 is 0 Å². The normalized spacial score (nSPS) is 12.0. The van der Waals surface area contributed by atoms with Gasteiger partial charge in [0.1, 0.15) is 17.2 Å². The number of aliphatic hydroxyl groups excluding tert-OH is 1. The maximum absolute atomic E-state index is 10.6. The van der Waals surface area contributed by atoms with Crippen LogP contribution >= 0.6 is 0 Å². The van der Waals surface area contributed by atoms with E-state index in [1.807, 2.05) is 55.6 Å². The average molecular weight is 450 g/mol. The van der Waals surface area contributed by atoms with Gasteiger partial charge in [0.2, 0.25) is 5.88 Å². The molecule has 0 amide bonds. The second-order valence-corrected chi connectivity index (χ2v) is 8.16. The molecule has 1 aromatic heterocycles. The van der Waals surface area contributed by atoms with Crippen LogP contribution in [0.2, 0.25) is 0 Å². The van der Waals surface area contributed by atoms with Crippen LogP contribution < -0.4 is 9.47 Å². The van der Waals surface area contributed by atoms with Gasteiger partial charge in [-0.25, -0.2) is 4.68 Å². The minimum atomic E-state index is -0.408. The summed E-state index contributed by atoms with van der Waals surface area (Å²) in [5.74, 6) is 2.10. The Hall–Kier alpha value is -3.09. The van der Waals surface area contributed by atoms with Gasteiger partial charge in [-0.15, -0.1) is 6.58 Å². The molecule has 0 aliphatic rings. The summed E-state index contributed by atoms with van der Waals surface area (Å²) in [7, 11) is 3.54. The topological polar surface area (TPSA) is 59.8 Å². The Balaban J connectivity index is 1.97. The number of hydrogen-bond donors (Lipinski definition) is 1. The van der Waals surface area contributed by atoms with Gasteiger partial charge in [0.25, 0.3) is 0 Å². The zero-order chi connectivity index (χ0) is 23.6. The van der Waals surface area contributed by atoms with Crippen LogP contribution in [0, 0.1) is 0 Å². The maximum Gasteiger partial charge on any atom is 0.222 e. The summed E-state index contributed by atoms with van der Waals surface area (Å²) >= 11 is 0. The Labute approximate surface area is 197 Å². The van der Waals surface area contributed by atoms with E-state index in [-0.39, 0.29) is 0 Å². The van der Waals surface area contributed by atoms with Crippen molar-refractivity contribution in [2.24, 2.45) is 7.05 Å². The molecule has 0 aliphatic carbocycles. The molecule has 6 heteroatoms. The molecule has 3 rings (SSSR count). The van der Waals surface area contributed by atoms with Crippen LogP contribution in [0.3, 0.4) is 0 Å². The number of aryl methyl sites for hydroxylation is 1. The lowest BCUT2D eigenvalue weighted by Crippen LogP contribution is -2.33. The Morgan fingerprint density at radius 3 is 2.61 bits per heavy atom. The van der Waals surface area contributed by atoms with Crippen molar-refractivity contribution in [2.45, 2.75) is 38.8 Å². The molecular formula is C27H35N3O3. The molecule has 0 radical (unpaired) electrons. The number of aliphatic hydroxyl groups is 1. The predicted molar refractivity (Wildman–Crippen MR) is 133 cm³/mol. The fourth-order valence-electron chi connectivity index (χ4n) is 3.90. The molecule has 1 N–H and O–H groups in total. The summed E-state index contributed by atoms with van der Waals surface area (Å²) in [6.45, 7) is 7.99. The van der Waals surface area contributed by atoms with Crippen LogP contribution in [0.4, 0.5) is 0 Å². The van der Waals surface area contributed by atoms with Gasteiger partial charge in [-0.3, -0.25) is 4.90 Å². The van der Waals surface area contributed by atoms with Crippen molar-refractivity contribution in [1.29, 1.82) is 0 Å². The van der Waals surface area contributed by atoms with Crippen LogP contribution in [0.1, 0.15) is 31.7 Å². The van der Waals surface area contributed by atoms with Gasteiger partial charge in [0.05, 0.1) is 18.8 Å². The summed E-state index contributed by atoms with van der Waals surface area (Å²) in [5.41, 5.74) is 2.92. The van der Waals surface area contributed by atoms with Crippen molar-refractivity contribution in [3.63, 3.8) is 0 Å². The first-order valence-electron chi connectivity index (χ1n) is 11.5. The Morgan fingerprint density at radius 1 is 1.15 bits per heavy atom. The number of allylic oxidation sites excluding steroid dienone is 1. The van der Waals surface area contributed by atoms with Gasteiger partial charge in [-0.1, -0.05) is 49.4 Å². The first-order chi connectivity index (χ1) is 16.0. The van der Waals surface area contributed by atoms with Gasteiger partial charge < -0.3 is 14.6 Å². The van der Waals surface area contributed by atoms with Gasteiger partial charge in [-0.2, -0.15) is 5.10 Å². The van der Waals surface area contributed by atoms with E-state index in [0.717, 1.165) is 42.0 Å². The molecule has 0 unspecified atom stereocenters. The van der Waals surface area contributed by atoms with E-state index in [4.69, 9.17) is 14.6 Å². The highest BCUT2D eigenvalue weighted by atomic mass is 16.5. The van der Waals surface area contributed by atoms with E-state index in [2.05, 4.69) is 30.5 Å². The number of benzene rings is 2. The highest BCUT2D eigenvalue weighted by Crippen LogP contribution is 2.35. The minimum absolute atomic E-state index is 0.408. The van der Waals surface area contributed by atoms with Crippen LogP contribution in [-0.4, -0.2) is 46.1 Å². The molecule has 33 heavy (non-hydrogen) atoms. The molecule has 0 spiro atoms. The molecular weight excluding hydrogens is 414 g/mol. The van der Waals surface area contributed by atoms with E-state index < -0.39 is 6.10 Å². The van der Waals surface area contributed by atoms with E-state index >= 15 is 0 Å². The molecule has 0 saturated heterocycles. The van der Waals surface area contributed by atoms with E-state index in [1.165, 1.54) is 0 Å². The van der Waals surface area contributed by atoms with Crippen molar-refractivity contribution in [3.8, 4) is 28.6 Å². The number of nitrogens with zero attached hydrogens (tertiary/aromatic N) is 3. The smallest absolute Gasteiger partial charge is 0.222 e. The summed E-state index contributed by atoms with van der Waals surface area (Å²) in [4.78, 5) is 2.27. The summed E-state index contributed by atoms with van der Waals surface area (Å²) in [5, 5.41) is 15.4. The Kier molecular flexibility index (Phi) is 9.10. The Bertz CT molecular complexity index is 1020. The zero-order valence-electron chi connectivity index (χ0n) is 19.9. The molecule has 1 heterocycles. The van der Waals surface area contributed by atoms with Crippen molar-refractivity contribution in [3.05, 3.63) is 72.8 Å². The second kappa shape index (κ2) is 12.2. The summed E-state index contributed by atoms with van der Waals surface area (Å²) < 4.78 is 13.5. The lowest BCUT2D eigenvalue weighted by molar-refractivity contribution is 0.102. The quantitative estimate of drug-likeness (QED) is 0.353. The molecule has 6 nitrogen and oxygen atoms in total. The highest BCUT2D eigenvalue weighted by molar-refractivity contribution is 5.65. The van der Waals surface area contributed by atoms with Crippen molar-refractivity contribution >= 4 is 0 Å². The van der Waals surface area contributed by atoms with Crippen molar-refractivity contribution in [1.82, 2.24) is 14.7 Å². The number of rotatable bonds is 13. The van der Waals surface area contributed by atoms with Gasteiger partial charge in [0.15, 0.2) is 0 Å². The standard InChI is InChI=1S/C27H35N3O3/c1-5-7-14-22(31)19-30(17-6-2)20-25-26(21-12-9-8-10-13-21)28-29(3)27(25)33-24-16-11-15-23(18-24)32-4/h5,8-13,15-16,18,22,31H,1,6-7,14,17,19-20H2,2-4H3/t22-/m1/s1. The van der Waals surface area contributed by atoms with E-state index in [9.17, 15) is 5.11 Å². The highest BCUT2D eigenvalue weighted by Gasteiger charge is 2.23. The third-order valence-electron chi connectivity index (χ3n) is 5.49. The molecule has 0 fully saturated rings. The number of methoxy groups -OCH3 is 1. The maximum atomic E-state index is 10.6. The van der Waals surface area contributed by atoms with Crippen LogP contribution in [0.5, 0.6) is 17.4 Å². The monoisotopic (exact) mass is 449 g/mol. The van der Waals surface area contributed by atoms with Crippen molar-refractivity contribution < 1.29 is 14.6 Å². The first-order valence-corrected chi connectivity index (χ1v) is 11.5. The number of aromatic nitrogens is 2. The molecule has 176 valence electrons. The van der Waals surface area contributed by atoms with Crippen molar-refractivity contribution in [2.75, 3.05) is 20.2 Å². The lowest BCUT2D eigenvalue weighted by Gasteiger charge is -2.25. The second-order valence-electron chi connectivity index (χ2n) is 8.16. The predicted octanol–water partition coefficient (Wildman–Crippen LogP) is 5.43. The van der Waals surface area contributed by atoms with Crippen LogP contribution in [0.15, 0.2) is 67.3 Å². The first kappa shape index (κ1) is 24.6. The lowest BCUT2D eigenvalue weighted by atomic mass is 10.1. The summed E-state index contributed by atoms with van der Waals surface area (Å²) in [6.07, 6.45) is 3.93. The summed E-state index contributed by atoms with van der Waals surface area (Å²) in [6, 6.07) is 17.7. The molecule has 3 aromatic rings. The SMILES string of the molecule is C=CCC[C@@H](O)CN(CCC)Cc1c(-c2ccccc2)nn(C)c1Oc1cccc(OC)c1. The minimum Gasteiger partial charge on any atom is -0.497 e. The third kappa shape index (κ3) is 6.70. The number of hydrogen-bond acceptors (Lipinski definition) is 5. The van der Waals surface area contributed by atoms with Gasteiger partial charge in [-0.05, 0) is 37.9 Å².